The minimum Gasteiger partial charge on any atom is -0.352 e. The Hall–Kier alpha value is -0.560. The van der Waals surface area contributed by atoms with Crippen LogP contribution in [-0.4, -0.2) is 65.7 Å². The van der Waals surface area contributed by atoms with Crippen molar-refractivity contribution < 1.29 is 19.1 Å². The first-order chi connectivity index (χ1) is 9.02. The number of nitrogens with zero attached hydrogens (tertiary/aromatic N) is 2. The van der Waals surface area contributed by atoms with E-state index in [-0.39, 0.29) is 31.7 Å². The lowest BCUT2D eigenvalue weighted by molar-refractivity contribution is -0.159. The van der Waals surface area contributed by atoms with E-state index in [2.05, 4.69) is 0 Å². The van der Waals surface area contributed by atoms with Crippen LogP contribution in [0.1, 0.15) is 13.8 Å². The highest BCUT2D eigenvalue weighted by atomic mass is 35.5. The van der Waals surface area contributed by atoms with Gasteiger partial charge in [-0.05, 0) is 0 Å². The van der Waals surface area contributed by atoms with E-state index in [9.17, 15) is 9.59 Å². The molecule has 0 saturated carbocycles. The van der Waals surface area contributed by atoms with Crippen molar-refractivity contribution in [1.82, 2.24) is 9.80 Å². The van der Waals surface area contributed by atoms with Crippen LogP contribution in [0.4, 0.5) is 0 Å². The number of hydrogen-bond acceptors (Lipinski definition) is 4. The van der Waals surface area contributed by atoms with E-state index in [1.54, 1.807) is 0 Å². The summed E-state index contributed by atoms with van der Waals surface area (Å²) in [5.41, 5.74) is 0. The molecule has 0 aromatic heterocycles. The smallest absolute Gasteiger partial charge is 0.223 e. The summed E-state index contributed by atoms with van der Waals surface area (Å²) in [6.07, 6.45) is -1.30. The number of rotatable bonds is 6. The van der Waals surface area contributed by atoms with Gasteiger partial charge in [-0.25, -0.2) is 0 Å². The molecule has 0 bridgehead atoms. The molecule has 0 aliphatic carbocycles. The third-order valence-corrected chi connectivity index (χ3v) is 3.01. The van der Waals surface area contributed by atoms with Crippen LogP contribution in [0, 0.1) is 0 Å². The topological polar surface area (TPSA) is 59.1 Å². The zero-order chi connectivity index (χ0) is 14.4. The lowest BCUT2D eigenvalue weighted by Crippen LogP contribution is -2.44. The summed E-state index contributed by atoms with van der Waals surface area (Å²) >= 11 is 11.2. The molecule has 110 valence electrons. The third-order valence-electron chi connectivity index (χ3n) is 2.70. The van der Waals surface area contributed by atoms with Gasteiger partial charge in [0.2, 0.25) is 11.8 Å². The molecule has 1 heterocycles. The van der Waals surface area contributed by atoms with Gasteiger partial charge < -0.3 is 9.47 Å². The molecule has 6 nitrogen and oxygen atoms in total. The molecule has 0 unspecified atom stereocenters. The van der Waals surface area contributed by atoms with Gasteiger partial charge in [-0.3, -0.25) is 19.4 Å². The molecule has 0 spiro atoms. The lowest BCUT2D eigenvalue weighted by atomic mass is 10.4. The first kappa shape index (κ1) is 16.5. The van der Waals surface area contributed by atoms with Crippen LogP contribution in [0.5, 0.6) is 0 Å². The largest absolute Gasteiger partial charge is 0.352 e. The maximum atomic E-state index is 11.6. The summed E-state index contributed by atoms with van der Waals surface area (Å²) in [7, 11) is 0. The molecule has 19 heavy (non-hydrogen) atoms. The molecule has 1 aliphatic heterocycles. The quantitative estimate of drug-likeness (QED) is 0.681. The van der Waals surface area contributed by atoms with Gasteiger partial charge in [0, 0.05) is 25.6 Å². The van der Waals surface area contributed by atoms with Crippen molar-refractivity contribution in [3.8, 4) is 0 Å². The van der Waals surface area contributed by atoms with Crippen LogP contribution >= 0.6 is 23.2 Å². The van der Waals surface area contributed by atoms with Crippen molar-refractivity contribution in [2.75, 3.05) is 31.6 Å². The van der Waals surface area contributed by atoms with Crippen molar-refractivity contribution in [3.63, 3.8) is 0 Å². The predicted octanol–water partition coefficient (Wildman–Crippen LogP) is 0.818. The van der Waals surface area contributed by atoms with Gasteiger partial charge in [-0.1, -0.05) is 0 Å². The van der Waals surface area contributed by atoms with Crippen molar-refractivity contribution in [2.45, 2.75) is 26.3 Å². The Balaban J connectivity index is 2.86. The standard InChI is InChI=1S/C11H18Cl2N2O4/c1-8(16)14-7-15(9(2)17)11(19-6-4-13)10(14)18-5-3-12/h10-11H,3-7H2,1-2H3/t10-,11-/m0/s1. The Bertz CT molecular complexity index is 300. The molecule has 1 saturated heterocycles. The Kier molecular flexibility index (Phi) is 6.85. The van der Waals surface area contributed by atoms with Crippen molar-refractivity contribution >= 4 is 35.0 Å². The lowest BCUT2D eigenvalue weighted by Gasteiger charge is -2.26. The molecular weight excluding hydrogens is 295 g/mol. The molecule has 8 heteroatoms. The minimum absolute atomic E-state index is 0.143. The number of carbonyl (C=O) groups is 2. The van der Waals surface area contributed by atoms with Gasteiger partial charge in [0.1, 0.15) is 6.67 Å². The second kappa shape index (κ2) is 7.89. The maximum Gasteiger partial charge on any atom is 0.223 e. The summed E-state index contributed by atoms with van der Waals surface area (Å²) in [6.45, 7) is 3.51. The molecule has 2 atom stereocenters. The van der Waals surface area contributed by atoms with E-state index in [0.29, 0.717) is 11.8 Å². The summed E-state index contributed by atoms with van der Waals surface area (Å²) in [4.78, 5) is 26.1. The number of amides is 2. The summed E-state index contributed by atoms with van der Waals surface area (Å²) in [5, 5.41) is 0. The van der Waals surface area contributed by atoms with Crippen LogP contribution in [0.25, 0.3) is 0 Å². The van der Waals surface area contributed by atoms with E-state index in [0.717, 1.165) is 0 Å². The normalized spacial score (nSPS) is 22.9. The van der Waals surface area contributed by atoms with Gasteiger partial charge in [0.25, 0.3) is 0 Å². The number of carbonyl (C=O) groups excluding carboxylic acids is 2. The van der Waals surface area contributed by atoms with E-state index in [1.807, 2.05) is 0 Å². The molecule has 1 aliphatic rings. The van der Waals surface area contributed by atoms with Gasteiger partial charge in [0.05, 0.1) is 13.2 Å². The van der Waals surface area contributed by atoms with E-state index in [4.69, 9.17) is 32.7 Å². The molecule has 0 aromatic rings. The Morgan fingerprint density at radius 1 is 1.00 bits per heavy atom. The second-order valence-corrected chi connectivity index (χ2v) is 4.78. The number of halogens is 2. The fourth-order valence-corrected chi connectivity index (χ4v) is 2.04. The Morgan fingerprint density at radius 2 is 1.37 bits per heavy atom. The SMILES string of the molecule is CC(=O)N1CN(C(C)=O)[C@@H](OCCCl)[C@@H]1OCCCl. The average Bonchev–Trinajstić information content (AvgIpc) is 2.72. The highest BCUT2D eigenvalue weighted by Crippen LogP contribution is 2.23. The Labute approximate surface area is 122 Å². The van der Waals surface area contributed by atoms with Crippen molar-refractivity contribution in [1.29, 1.82) is 0 Å². The van der Waals surface area contributed by atoms with Gasteiger partial charge in [0.15, 0.2) is 12.5 Å². The fourth-order valence-electron chi connectivity index (χ4n) is 1.87. The van der Waals surface area contributed by atoms with E-state index in [1.165, 1.54) is 23.6 Å². The average molecular weight is 313 g/mol. The van der Waals surface area contributed by atoms with Crippen LogP contribution in [0.2, 0.25) is 0 Å². The molecule has 2 amide bonds. The monoisotopic (exact) mass is 312 g/mol. The molecule has 0 N–H and O–H groups in total. The van der Waals surface area contributed by atoms with Crippen LogP contribution < -0.4 is 0 Å². The Morgan fingerprint density at radius 3 is 1.63 bits per heavy atom. The van der Waals surface area contributed by atoms with Gasteiger partial charge >= 0.3 is 0 Å². The third kappa shape index (κ3) is 4.21. The molecule has 0 aromatic carbocycles. The molecular formula is C11H18Cl2N2O4. The van der Waals surface area contributed by atoms with Crippen LogP contribution in [0.15, 0.2) is 0 Å². The minimum atomic E-state index is -0.650. The molecule has 1 rings (SSSR count). The number of alkyl halides is 2. The zero-order valence-electron chi connectivity index (χ0n) is 11.0. The summed E-state index contributed by atoms with van der Waals surface area (Å²) in [6, 6.07) is 0. The fraction of sp³-hybridized carbons (Fsp3) is 0.818. The maximum absolute atomic E-state index is 11.6. The van der Waals surface area contributed by atoms with E-state index >= 15 is 0 Å². The van der Waals surface area contributed by atoms with Gasteiger partial charge in [-0.15, -0.1) is 23.2 Å². The zero-order valence-corrected chi connectivity index (χ0v) is 12.5. The predicted molar refractivity (Wildman–Crippen MR) is 70.8 cm³/mol. The highest BCUT2D eigenvalue weighted by molar-refractivity contribution is 6.18. The summed E-state index contributed by atoms with van der Waals surface area (Å²) < 4.78 is 11.1. The molecule has 0 radical (unpaired) electrons. The van der Waals surface area contributed by atoms with Crippen LogP contribution in [-0.2, 0) is 19.1 Å². The highest BCUT2D eigenvalue weighted by Gasteiger charge is 2.44. The second-order valence-electron chi connectivity index (χ2n) is 4.02. The van der Waals surface area contributed by atoms with Crippen molar-refractivity contribution in [2.24, 2.45) is 0 Å². The van der Waals surface area contributed by atoms with Gasteiger partial charge in [-0.2, -0.15) is 0 Å². The molecule has 1 fully saturated rings. The number of hydrogen-bond donors (Lipinski definition) is 0. The van der Waals surface area contributed by atoms with Crippen LogP contribution in [0.3, 0.4) is 0 Å². The summed E-state index contributed by atoms with van der Waals surface area (Å²) in [5.74, 6) is 0.209. The first-order valence-corrected chi connectivity index (χ1v) is 6.99. The van der Waals surface area contributed by atoms with Crippen molar-refractivity contribution in [3.05, 3.63) is 0 Å². The first-order valence-electron chi connectivity index (χ1n) is 5.92. The van der Waals surface area contributed by atoms with E-state index < -0.39 is 12.5 Å². The number of ether oxygens (including phenoxy) is 2.